The first-order chi connectivity index (χ1) is 13.3. The number of nitrogens with two attached hydrogens (primary N) is 1. The van der Waals surface area contributed by atoms with Crippen LogP contribution in [0.25, 0.3) is 21.3 Å². The number of rotatable bonds is 5. The Labute approximate surface area is 161 Å². The molecule has 2 aromatic carbocycles. The largest absolute Gasteiger partial charge is 0.417 e. The van der Waals surface area contributed by atoms with E-state index in [0.717, 1.165) is 16.9 Å². The number of thiazole rings is 1. The van der Waals surface area contributed by atoms with Crippen molar-refractivity contribution in [2.24, 2.45) is 5.14 Å². The zero-order chi connectivity index (χ0) is 19.9. The lowest BCUT2D eigenvalue weighted by Gasteiger charge is -2.01. The van der Waals surface area contributed by atoms with Gasteiger partial charge in [0.05, 0.1) is 4.70 Å². The monoisotopic (exact) mass is 418 g/mol. The molecular formula is C17H11FN4O4S2. The lowest BCUT2D eigenvalue weighted by Crippen LogP contribution is -2.14. The fraction of sp³-hybridized carbons (Fsp3) is 0.0588. The number of primary sulfonamides is 1. The smallest absolute Gasteiger partial charge is 0.291 e. The Morgan fingerprint density at radius 1 is 1.14 bits per heavy atom. The zero-order valence-corrected chi connectivity index (χ0v) is 15.6. The van der Waals surface area contributed by atoms with Gasteiger partial charge in [-0.1, -0.05) is 30.3 Å². The zero-order valence-electron chi connectivity index (χ0n) is 14.0. The van der Waals surface area contributed by atoms with E-state index < -0.39 is 33.3 Å². The van der Waals surface area contributed by atoms with Crippen molar-refractivity contribution >= 4 is 37.4 Å². The van der Waals surface area contributed by atoms with Gasteiger partial charge in [-0.05, 0) is 23.3 Å². The van der Waals surface area contributed by atoms with Gasteiger partial charge >= 0.3 is 0 Å². The summed E-state index contributed by atoms with van der Waals surface area (Å²) in [6.45, 7) is 0. The maximum absolute atomic E-state index is 14.5. The number of benzene rings is 2. The van der Waals surface area contributed by atoms with Gasteiger partial charge in [0.1, 0.15) is 11.3 Å². The minimum atomic E-state index is -3.88. The third-order valence-electron chi connectivity index (χ3n) is 3.74. The molecule has 0 aliphatic heterocycles. The topological polar surface area (TPSA) is 129 Å². The van der Waals surface area contributed by atoms with Crippen LogP contribution < -0.4 is 5.14 Å². The number of hydrogen-bond acceptors (Lipinski definition) is 8. The maximum Gasteiger partial charge on any atom is 0.291 e. The first kappa shape index (κ1) is 18.3. The molecule has 8 nitrogen and oxygen atoms in total. The fourth-order valence-corrected chi connectivity index (χ4v) is 3.96. The molecule has 0 aliphatic carbocycles. The summed E-state index contributed by atoms with van der Waals surface area (Å²) >= 11 is 0.974. The third kappa shape index (κ3) is 3.67. The van der Waals surface area contributed by atoms with Gasteiger partial charge in [0.15, 0.2) is 10.8 Å². The molecule has 0 fully saturated rings. The number of halogens is 1. The van der Waals surface area contributed by atoms with E-state index in [9.17, 15) is 17.6 Å². The third-order valence-corrected chi connectivity index (χ3v) is 5.39. The molecule has 4 aromatic rings. The van der Waals surface area contributed by atoms with Crippen molar-refractivity contribution in [2.75, 3.05) is 0 Å². The first-order valence-corrected chi connectivity index (χ1v) is 10.4. The van der Waals surface area contributed by atoms with Crippen LogP contribution in [0.5, 0.6) is 0 Å². The molecule has 0 amide bonds. The SMILES string of the molecule is NS(=O)(=O)Cc1nnc(C(=O)c2nc3c(F)cc(-c4ccccc4)cc3s2)o1. The maximum atomic E-state index is 14.5. The predicted molar refractivity (Wildman–Crippen MR) is 99.6 cm³/mol. The van der Waals surface area contributed by atoms with Crippen molar-refractivity contribution in [2.45, 2.75) is 5.75 Å². The molecule has 2 heterocycles. The molecular weight excluding hydrogens is 407 g/mol. The van der Waals surface area contributed by atoms with Gasteiger partial charge in [-0.2, -0.15) is 0 Å². The van der Waals surface area contributed by atoms with Crippen LogP contribution in [0.1, 0.15) is 21.6 Å². The van der Waals surface area contributed by atoms with Gasteiger partial charge in [0.25, 0.3) is 11.7 Å². The molecule has 142 valence electrons. The molecule has 4 rings (SSSR count). The molecule has 0 spiro atoms. The van der Waals surface area contributed by atoms with E-state index in [1.165, 1.54) is 6.07 Å². The molecule has 2 aromatic heterocycles. The lowest BCUT2D eigenvalue weighted by atomic mass is 10.1. The molecule has 0 aliphatic rings. The Morgan fingerprint density at radius 2 is 1.89 bits per heavy atom. The molecule has 0 saturated carbocycles. The highest BCUT2D eigenvalue weighted by Gasteiger charge is 2.23. The minimum Gasteiger partial charge on any atom is -0.417 e. The second-order valence-corrected chi connectivity index (χ2v) is 8.47. The number of nitrogens with zero attached hydrogens (tertiary/aromatic N) is 3. The Balaban J connectivity index is 1.70. The summed E-state index contributed by atoms with van der Waals surface area (Å²) in [6, 6.07) is 12.3. The first-order valence-electron chi connectivity index (χ1n) is 7.83. The summed E-state index contributed by atoms with van der Waals surface area (Å²) in [5.41, 5.74) is 1.54. The van der Waals surface area contributed by atoms with Crippen LogP contribution in [0.2, 0.25) is 0 Å². The van der Waals surface area contributed by atoms with E-state index in [4.69, 9.17) is 9.56 Å². The fourth-order valence-electron chi connectivity index (χ4n) is 2.55. The average molecular weight is 418 g/mol. The molecule has 28 heavy (non-hydrogen) atoms. The molecule has 0 unspecified atom stereocenters. The average Bonchev–Trinajstić information content (AvgIpc) is 3.27. The number of carbonyl (C=O) groups is 1. The summed E-state index contributed by atoms with van der Waals surface area (Å²) in [4.78, 5) is 16.5. The van der Waals surface area contributed by atoms with E-state index >= 15 is 0 Å². The second kappa shape index (κ2) is 6.86. The van der Waals surface area contributed by atoms with Gasteiger partial charge in [-0.3, -0.25) is 4.79 Å². The van der Waals surface area contributed by atoms with Gasteiger partial charge < -0.3 is 4.42 Å². The molecule has 2 N–H and O–H groups in total. The Hall–Kier alpha value is -3.02. The van der Waals surface area contributed by atoms with Crippen LogP contribution in [-0.4, -0.2) is 29.4 Å². The number of ketones is 1. The van der Waals surface area contributed by atoms with Crippen LogP contribution in [0, 0.1) is 5.82 Å². The highest BCUT2D eigenvalue weighted by Crippen LogP contribution is 2.31. The van der Waals surface area contributed by atoms with E-state index in [0.29, 0.717) is 10.3 Å². The Morgan fingerprint density at radius 3 is 2.61 bits per heavy atom. The molecule has 0 saturated heterocycles. The van der Waals surface area contributed by atoms with Crippen molar-refractivity contribution in [1.29, 1.82) is 0 Å². The second-order valence-electron chi connectivity index (χ2n) is 5.83. The van der Waals surface area contributed by atoms with Crippen LogP contribution in [0.3, 0.4) is 0 Å². The summed E-state index contributed by atoms with van der Waals surface area (Å²) in [7, 11) is -3.88. The summed E-state index contributed by atoms with van der Waals surface area (Å²) in [5.74, 6) is -2.74. The van der Waals surface area contributed by atoms with E-state index in [-0.39, 0.29) is 16.4 Å². The predicted octanol–water partition coefficient (Wildman–Crippen LogP) is 2.50. The standard InChI is InChI=1S/C17H11FN4O4S2/c18-11-6-10(9-4-2-1-3-5-9)7-12-14(11)20-17(27-12)15(23)16-22-21-13(26-16)8-28(19,24)25/h1-7H,8H2,(H2,19,24,25). The Bertz CT molecular complexity index is 1300. The normalized spacial score (nSPS) is 11.8. The van der Waals surface area contributed by atoms with Gasteiger partial charge in [-0.25, -0.2) is 22.9 Å². The highest BCUT2D eigenvalue weighted by molar-refractivity contribution is 7.88. The minimum absolute atomic E-state index is 0.0510. The van der Waals surface area contributed by atoms with Crippen LogP contribution >= 0.6 is 11.3 Å². The van der Waals surface area contributed by atoms with Crippen molar-refractivity contribution in [3.63, 3.8) is 0 Å². The van der Waals surface area contributed by atoms with Crippen molar-refractivity contribution < 1.29 is 22.0 Å². The van der Waals surface area contributed by atoms with Crippen LogP contribution in [0.4, 0.5) is 4.39 Å². The summed E-state index contributed by atoms with van der Waals surface area (Å²) < 4.78 is 42.2. The lowest BCUT2D eigenvalue weighted by molar-refractivity contribution is 0.100. The number of fused-ring (bicyclic) bond motifs is 1. The van der Waals surface area contributed by atoms with Crippen LogP contribution in [-0.2, 0) is 15.8 Å². The summed E-state index contributed by atoms with van der Waals surface area (Å²) in [5, 5.41) is 11.9. The number of hydrogen-bond donors (Lipinski definition) is 1. The van der Waals surface area contributed by atoms with Gasteiger partial charge in [0.2, 0.25) is 15.9 Å². The van der Waals surface area contributed by atoms with E-state index in [1.54, 1.807) is 6.07 Å². The van der Waals surface area contributed by atoms with Crippen molar-refractivity contribution in [3.8, 4) is 11.1 Å². The summed E-state index contributed by atoms with van der Waals surface area (Å²) in [6.07, 6.45) is 0. The number of aromatic nitrogens is 3. The van der Waals surface area contributed by atoms with Crippen molar-refractivity contribution in [1.82, 2.24) is 15.2 Å². The molecule has 0 radical (unpaired) electrons. The number of sulfonamides is 1. The number of carbonyl (C=O) groups excluding carboxylic acids is 1. The Kier molecular flexibility index (Phi) is 4.49. The van der Waals surface area contributed by atoms with E-state index in [2.05, 4.69) is 15.2 Å². The van der Waals surface area contributed by atoms with Crippen molar-refractivity contribution in [3.05, 3.63) is 65.1 Å². The highest BCUT2D eigenvalue weighted by atomic mass is 32.2. The van der Waals surface area contributed by atoms with E-state index in [1.807, 2.05) is 30.3 Å². The quantitative estimate of drug-likeness (QED) is 0.493. The molecule has 0 atom stereocenters. The molecule has 11 heteroatoms. The van der Waals surface area contributed by atoms with Gasteiger partial charge in [0, 0.05) is 0 Å². The van der Waals surface area contributed by atoms with Gasteiger partial charge in [-0.15, -0.1) is 21.5 Å². The molecule has 0 bridgehead atoms. The van der Waals surface area contributed by atoms with Crippen LogP contribution in [0.15, 0.2) is 46.9 Å².